The molecule has 1 heterocycles. The molecule has 2 aromatic carbocycles. The van der Waals surface area contributed by atoms with Gasteiger partial charge in [0, 0.05) is 23.8 Å². The van der Waals surface area contributed by atoms with Crippen molar-refractivity contribution < 1.29 is 16.8 Å². The highest BCUT2D eigenvalue weighted by Gasteiger charge is 2.26. The van der Waals surface area contributed by atoms with Gasteiger partial charge in [-0.2, -0.15) is 17.9 Å². The Morgan fingerprint density at radius 2 is 1.86 bits per heavy atom. The second-order valence-corrected chi connectivity index (χ2v) is 11.5. The van der Waals surface area contributed by atoms with Crippen molar-refractivity contribution in [3.63, 3.8) is 0 Å². The summed E-state index contributed by atoms with van der Waals surface area (Å²) in [5.74, 6) is 0.216. The topological polar surface area (TPSA) is 191 Å². The average Bonchev–Trinajstić information content (AvgIpc) is 3.57. The largest absolute Gasteiger partial charge is 0.344 e. The summed E-state index contributed by atoms with van der Waals surface area (Å²) < 4.78 is 52.4. The summed E-state index contributed by atoms with van der Waals surface area (Å²) in [6, 6.07) is 11.5. The fourth-order valence-corrected chi connectivity index (χ4v) is 5.11. The Kier molecular flexibility index (Phi) is 8.11. The van der Waals surface area contributed by atoms with Crippen LogP contribution in [0.2, 0.25) is 5.02 Å². The number of nitrogens with one attached hydrogen (secondary N) is 3. The zero-order chi connectivity index (χ0) is 24.5. The first-order chi connectivity index (χ1) is 16.0. The number of primary sulfonamides is 1. The van der Waals surface area contributed by atoms with E-state index in [0.29, 0.717) is 16.4 Å². The summed E-state index contributed by atoms with van der Waals surface area (Å²) in [5.41, 5.74) is 3.29. The molecule has 35 heavy (non-hydrogen) atoms. The summed E-state index contributed by atoms with van der Waals surface area (Å²) in [4.78, 5) is 8.61. The van der Waals surface area contributed by atoms with Crippen molar-refractivity contribution in [1.29, 1.82) is 0 Å². The molecule has 1 aromatic heterocycles. The normalized spacial score (nSPS) is 13.8. The van der Waals surface area contributed by atoms with Crippen LogP contribution in [-0.4, -0.2) is 32.8 Å². The van der Waals surface area contributed by atoms with Gasteiger partial charge in [-0.25, -0.2) is 23.5 Å². The number of sulfonamides is 1. The molecule has 11 nitrogen and oxygen atoms in total. The first-order valence-corrected chi connectivity index (χ1v) is 13.7. The van der Waals surface area contributed by atoms with Crippen molar-refractivity contribution in [2.75, 3.05) is 5.32 Å². The van der Waals surface area contributed by atoms with Gasteiger partial charge in [-0.05, 0) is 49.1 Å². The van der Waals surface area contributed by atoms with Crippen molar-refractivity contribution >= 4 is 43.5 Å². The first-order valence-electron chi connectivity index (χ1n) is 10.3. The molecule has 0 saturated heterocycles. The molecule has 0 radical (unpaired) electrons. The third-order valence-corrected chi connectivity index (χ3v) is 7.43. The first kappa shape index (κ1) is 26.9. The van der Waals surface area contributed by atoms with Crippen LogP contribution in [0, 0.1) is 6.92 Å². The number of halogens is 1. The molecule has 3 aromatic rings. The number of hydrogen-bond donors (Lipinski definition) is 5. The maximum Gasteiger partial charge on any atom is 0.277 e. The maximum atomic E-state index is 12.0. The van der Waals surface area contributed by atoms with E-state index in [1.54, 1.807) is 18.2 Å². The molecule has 0 spiro atoms. The van der Waals surface area contributed by atoms with Gasteiger partial charge in [0.2, 0.25) is 16.0 Å². The number of nitrogens with two attached hydrogens (primary N) is 1. The monoisotopic (exact) mass is 539 g/mol. The molecule has 0 aliphatic heterocycles. The van der Waals surface area contributed by atoms with Crippen LogP contribution in [0.25, 0.3) is 11.3 Å². The van der Waals surface area contributed by atoms with Gasteiger partial charge in [0.15, 0.2) is 0 Å². The van der Waals surface area contributed by atoms with Crippen molar-refractivity contribution in [1.82, 2.24) is 25.6 Å². The van der Waals surface area contributed by atoms with Crippen LogP contribution in [0.1, 0.15) is 24.0 Å². The number of benzene rings is 2. The summed E-state index contributed by atoms with van der Waals surface area (Å²) >= 11 is 6.36. The van der Waals surface area contributed by atoms with E-state index in [1.165, 1.54) is 18.3 Å². The predicted octanol–water partition coefficient (Wildman–Crippen LogP) is 2.74. The Hall–Kier alpha value is -2.65. The van der Waals surface area contributed by atoms with Gasteiger partial charge in [-0.3, -0.25) is 0 Å². The van der Waals surface area contributed by atoms with E-state index in [0.717, 1.165) is 29.5 Å². The van der Waals surface area contributed by atoms with Gasteiger partial charge in [0.25, 0.3) is 10.2 Å². The number of aryl methyl sites for hydroxylation is 1. The minimum Gasteiger partial charge on any atom is -0.344 e. The number of hydrogen-bond acceptors (Lipinski definition) is 8. The molecule has 8 N–H and O–H groups in total. The Morgan fingerprint density at radius 3 is 2.51 bits per heavy atom. The highest BCUT2D eigenvalue weighted by Crippen LogP contribution is 2.30. The molecule has 188 valence electrons. The van der Waals surface area contributed by atoms with Crippen molar-refractivity contribution in [2.24, 2.45) is 5.14 Å². The molecule has 0 atom stereocenters. The smallest absolute Gasteiger partial charge is 0.277 e. The minimum absolute atomic E-state index is 0. The zero-order valence-electron chi connectivity index (χ0n) is 18.8. The molecule has 0 unspecified atom stereocenters. The maximum absolute atomic E-state index is 12.0. The standard InChI is InChI=1S/C21H23ClN6O4S2.H3N/c1-13-9-14(11-25-34(31,32)28-15-6-7-15)5-8-18(13)20-19(22)12-24-21(27-20)26-16-3-2-4-17(10-16)33(23,29)30;/h2-5,8-10,12,15,25,28H,6-7,11H2,1H3,(H2,23,29,30)(H,24,26,27);1H3. The third kappa shape index (κ3) is 7.18. The molecular formula is C21H26ClN7O4S2. The van der Waals surface area contributed by atoms with Gasteiger partial charge in [0.1, 0.15) is 0 Å². The lowest BCUT2D eigenvalue weighted by atomic mass is 10.0. The molecular weight excluding hydrogens is 514 g/mol. The van der Waals surface area contributed by atoms with E-state index in [9.17, 15) is 16.8 Å². The Bertz CT molecular complexity index is 1450. The number of anilines is 2. The fourth-order valence-electron chi connectivity index (χ4n) is 3.24. The highest BCUT2D eigenvalue weighted by atomic mass is 35.5. The Balaban J connectivity index is 0.00000342. The lowest BCUT2D eigenvalue weighted by molar-refractivity contribution is 0.565. The van der Waals surface area contributed by atoms with Gasteiger partial charge < -0.3 is 11.5 Å². The third-order valence-electron chi connectivity index (χ3n) is 5.07. The Morgan fingerprint density at radius 1 is 1.11 bits per heavy atom. The average molecular weight is 540 g/mol. The SMILES string of the molecule is Cc1cc(CNS(=O)(=O)NC2CC2)ccc1-c1nc(Nc2cccc(S(N)(=O)=O)c2)ncc1Cl.N. The lowest BCUT2D eigenvalue weighted by Crippen LogP contribution is -2.37. The molecule has 1 aliphatic rings. The molecule has 0 bridgehead atoms. The second kappa shape index (κ2) is 10.5. The lowest BCUT2D eigenvalue weighted by Gasteiger charge is -2.12. The van der Waals surface area contributed by atoms with E-state index < -0.39 is 20.2 Å². The van der Waals surface area contributed by atoms with Crippen LogP contribution >= 0.6 is 11.6 Å². The van der Waals surface area contributed by atoms with Gasteiger partial charge >= 0.3 is 0 Å². The van der Waals surface area contributed by atoms with E-state index in [-0.39, 0.29) is 29.6 Å². The molecule has 1 fully saturated rings. The van der Waals surface area contributed by atoms with Crippen LogP contribution in [0.15, 0.2) is 53.6 Å². The van der Waals surface area contributed by atoms with Gasteiger partial charge in [0.05, 0.1) is 21.8 Å². The van der Waals surface area contributed by atoms with Crippen LogP contribution in [0.3, 0.4) is 0 Å². The summed E-state index contributed by atoms with van der Waals surface area (Å²) in [6.45, 7) is 2.02. The van der Waals surface area contributed by atoms with Crippen molar-refractivity contribution in [3.8, 4) is 11.3 Å². The van der Waals surface area contributed by atoms with E-state index in [4.69, 9.17) is 16.7 Å². The van der Waals surface area contributed by atoms with Crippen LogP contribution < -0.4 is 26.1 Å². The summed E-state index contributed by atoms with van der Waals surface area (Å²) in [5, 5.41) is 8.48. The van der Waals surface area contributed by atoms with Gasteiger partial charge in [-0.15, -0.1) is 0 Å². The Labute approximate surface area is 209 Å². The molecule has 14 heteroatoms. The van der Waals surface area contributed by atoms with E-state index in [2.05, 4.69) is 24.7 Å². The molecule has 1 aliphatic carbocycles. The summed E-state index contributed by atoms with van der Waals surface area (Å²) in [7, 11) is -7.39. The van der Waals surface area contributed by atoms with E-state index >= 15 is 0 Å². The number of aromatic nitrogens is 2. The predicted molar refractivity (Wildman–Crippen MR) is 135 cm³/mol. The van der Waals surface area contributed by atoms with Crippen LogP contribution in [0.5, 0.6) is 0 Å². The van der Waals surface area contributed by atoms with Crippen LogP contribution in [-0.2, 0) is 26.8 Å². The molecule has 4 rings (SSSR count). The fraction of sp³-hybridized carbons (Fsp3) is 0.238. The number of nitrogens with zero attached hydrogens (tertiary/aromatic N) is 2. The number of rotatable bonds is 9. The highest BCUT2D eigenvalue weighted by molar-refractivity contribution is 7.89. The zero-order valence-corrected chi connectivity index (χ0v) is 21.2. The summed E-state index contributed by atoms with van der Waals surface area (Å²) in [6.07, 6.45) is 3.17. The van der Waals surface area contributed by atoms with Crippen molar-refractivity contribution in [3.05, 3.63) is 64.8 Å². The van der Waals surface area contributed by atoms with Gasteiger partial charge in [-0.1, -0.05) is 35.9 Å². The van der Waals surface area contributed by atoms with Crippen molar-refractivity contribution in [2.45, 2.75) is 37.2 Å². The minimum atomic E-state index is -3.85. The van der Waals surface area contributed by atoms with Crippen LogP contribution in [0.4, 0.5) is 11.6 Å². The molecule has 1 saturated carbocycles. The molecule has 0 amide bonds. The van der Waals surface area contributed by atoms with E-state index in [1.807, 2.05) is 19.1 Å². The quantitative estimate of drug-likeness (QED) is 0.274. The second-order valence-electron chi connectivity index (χ2n) is 7.95.